The molecule has 0 saturated carbocycles. The Morgan fingerprint density at radius 1 is 1.15 bits per heavy atom. The fraction of sp³-hybridized carbons (Fsp3) is 0.133. The van der Waals surface area contributed by atoms with Gasteiger partial charge in [-0.3, -0.25) is 0 Å². The lowest BCUT2D eigenvalue weighted by Gasteiger charge is -2.04. The van der Waals surface area contributed by atoms with E-state index in [-0.39, 0.29) is 5.69 Å². The van der Waals surface area contributed by atoms with Gasteiger partial charge in [0, 0.05) is 11.1 Å². The Kier molecular flexibility index (Phi) is 2.89. The lowest BCUT2D eigenvalue weighted by molar-refractivity contribution is 0.147. The fourth-order valence-electron chi connectivity index (χ4n) is 2.27. The molecule has 2 N–H and O–H groups in total. The maximum atomic E-state index is 13.1. The first-order valence-electron chi connectivity index (χ1n) is 6.19. The Labute approximate surface area is 114 Å². The van der Waals surface area contributed by atoms with Crippen molar-refractivity contribution in [2.24, 2.45) is 0 Å². The molecule has 0 saturated heterocycles. The zero-order valence-electron chi connectivity index (χ0n) is 10.8. The van der Waals surface area contributed by atoms with E-state index < -0.39 is 6.43 Å². The van der Waals surface area contributed by atoms with Crippen molar-refractivity contribution in [1.29, 1.82) is 0 Å². The van der Waals surface area contributed by atoms with Gasteiger partial charge in [0.25, 0.3) is 6.43 Å². The molecule has 20 heavy (non-hydrogen) atoms. The van der Waals surface area contributed by atoms with Gasteiger partial charge in [-0.2, -0.15) is 5.10 Å². The van der Waals surface area contributed by atoms with Crippen molar-refractivity contribution in [3.8, 4) is 5.69 Å². The number of anilines is 1. The van der Waals surface area contributed by atoms with Gasteiger partial charge < -0.3 is 5.73 Å². The molecule has 0 radical (unpaired) electrons. The molecule has 1 heterocycles. The number of aryl methyl sites for hydroxylation is 1. The first kappa shape index (κ1) is 12.6. The van der Waals surface area contributed by atoms with Gasteiger partial charge in [0.2, 0.25) is 0 Å². The maximum absolute atomic E-state index is 13.1. The van der Waals surface area contributed by atoms with Crippen LogP contribution in [0.5, 0.6) is 0 Å². The molecule has 0 aliphatic heterocycles. The molecule has 0 atom stereocenters. The summed E-state index contributed by atoms with van der Waals surface area (Å²) in [6.45, 7) is 1.94. The maximum Gasteiger partial charge on any atom is 0.282 e. The molecule has 3 aromatic rings. The number of alkyl halides is 2. The minimum Gasteiger partial charge on any atom is -0.399 e. The number of benzene rings is 2. The Hall–Kier alpha value is -2.43. The first-order valence-corrected chi connectivity index (χ1v) is 6.19. The highest BCUT2D eigenvalue weighted by Crippen LogP contribution is 2.30. The summed E-state index contributed by atoms with van der Waals surface area (Å²) < 4.78 is 27.7. The van der Waals surface area contributed by atoms with Crippen molar-refractivity contribution >= 4 is 16.6 Å². The molecule has 0 aliphatic rings. The second-order valence-corrected chi connectivity index (χ2v) is 4.71. The van der Waals surface area contributed by atoms with Crippen LogP contribution < -0.4 is 5.73 Å². The van der Waals surface area contributed by atoms with Crippen LogP contribution in [-0.4, -0.2) is 9.78 Å². The van der Waals surface area contributed by atoms with E-state index in [1.54, 1.807) is 18.2 Å². The number of nitrogen functional groups attached to an aromatic ring is 1. The predicted octanol–water partition coefficient (Wildman–Crippen LogP) is 3.85. The van der Waals surface area contributed by atoms with E-state index in [1.165, 1.54) is 4.68 Å². The molecule has 0 aliphatic carbocycles. The third-order valence-electron chi connectivity index (χ3n) is 3.19. The molecule has 3 nitrogen and oxygen atoms in total. The second kappa shape index (κ2) is 4.59. The number of nitrogens with two attached hydrogens (primary N) is 1. The predicted molar refractivity (Wildman–Crippen MR) is 75.2 cm³/mol. The molecule has 2 aromatic carbocycles. The molecule has 5 heteroatoms. The molecular weight excluding hydrogens is 260 g/mol. The number of fused-ring (bicyclic) bond motifs is 1. The Bertz CT molecular complexity index is 778. The van der Waals surface area contributed by atoms with Crippen LogP contribution in [0.2, 0.25) is 0 Å². The van der Waals surface area contributed by atoms with Crippen molar-refractivity contribution in [2.45, 2.75) is 13.3 Å². The normalized spacial score (nSPS) is 11.4. The highest BCUT2D eigenvalue weighted by atomic mass is 19.3. The number of aromatic nitrogens is 2. The van der Waals surface area contributed by atoms with Crippen LogP contribution in [0.4, 0.5) is 14.5 Å². The first-order chi connectivity index (χ1) is 9.56. The summed E-state index contributed by atoms with van der Waals surface area (Å²) in [5.41, 5.74) is 8.42. The summed E-state index contributed by atoms with van der Waals surface area (Å²) in [5.74, 6) is 0. The van der Waals surface area contributed by atoms with Crippen LogP contribution in [0.15, 0.2) is 42.5 Å². The van der Waals surface area contributed by atoms with E-state index in [1.807, 2.05) is 31.2 Å². The molecule has 3 rings (SSSR count). The Balaban J connectivity index is 2.32. The van der Waals surface area contributed by atoms with Crippen LogP contribution in [0.1, 0.15) is 17.7 Å². The minimum absolute atomic E-state index is 0.221. The van der Waals surface area contributed by atoms with Gasteiger partial charge in [-0.05, 0) is 42.8 Å². The topological polar surface area (TPSA) is 43.8 Å². The second-order valence-electron chi connectivity index (χ2n) is 4.71. The van der Waals surface area contributed by atoms with Crippen LogP contribution in [0.3, 0.4) is 0 Å². The third kappa shape index (κ3) is 2.01. The van der Waals surface area contributed by atoms with Gasteiger partial charge in [0.1, 0.15) is 5.69 Å². The molecule has 1 aromatic heterocycles. The lowest BCUT2D eigenvalue weighted by atomic mass is 10.2. The van der Waals surface area contributed by atoms with Gasteiger partial charge in [-0.25, -0.2) is 13.5 Å². The average Bonchev–Trinajstić information content (AvgIpc) is 2.77. The summed E-state index contributed by atoms with van der Waals surface area (Å²) >= 11 is 0. The van der Waals surface area contributed by atoms with E-state index >= 15 is 0 Å². The van der Waals surface area contributed by atoms with Gasteiger partial charge in [0.15, 0.2) is 0 Å². The monoisotopic (exact) mass is 273 g/mol. The molecule has 102 valence electrons. The van der Waals surface area contributed by atoms with E-state index in [4.69, 9.17) is 5.73 Å². The van der Waals surface area contributed by atoms with E-state index in [0.717, 1.165) is 11.3 Å². The van der Waals surface area contributed by atoms with Gasteiger partial charge >= 0.3 is 0 Å². The number of rotatable bonds is 2. The summed E-state index contributed by atoms with van der Waals surface area (Å²) in [6.07, 6.45) is -2.62. The van der Waals surface area contributed by atoms with Crippen LogP contribution >= 0.6 is 0 Å². The standard InChI is InChI=1S/C15H13F2N3/c1-9-3-2-4-11(7-9)20-13-8-10(18)5-6-12(13)14(19-20)15(16)17/h2-8,15H,18H2,1H3. The summed E-state index contributed by atoms with van der Waals surface area (Å²) in [7, 11) is 0. The molecular formula is C15H13F2N3. The molecule has 0 fully saturated rings. The summed E-state index contributed by atoms with van der Waals surface area (Å²) in [5, 5.41) is 4.48. The molecule has 0 amide bonds. The van der Waals surface area contributed by atoms with E-state index in [2.05, 4.69) is 5.10 Å². The zero-order chi connectivity index (χ0) is 14.3. The quantitative estimate of drug-likeness (QED) is 0.721. The van der Waals surface area contributed by atoms with E-state index in [9.17, 15) is 8.78 Å². The zero-order valence-corrected chi connectivity index (χ0v) is 10.8. The van der Waals surface area contributed by atoms with E-state index in [0.29, 0.717) is 16.6 Å². The van der Waals surface area contributed by atoms with Crippen molar-refractivity contribution in [2.75, 3.05) is 5.73 Å². The van der Waals surface area contributed by atoms with Crippen molar-refractivity contribution in [3.63, 3.8) is 0 Å². The fourth-order valence-corrected chi connectivity index (χ4v) is 2.27. The Morgan fingerprint density at radius 3 is 2.65 bits per heavy atom. The van der Waals surface area contributed by atoms with Crippen LogP contribution in [-0.2, 0) is 0 Å². The highest BCUT2D eigenvalue weighted by molar-refractivity contribution is 5.86. The van der Waals surface area contributed by atoms with Gasteiger partial charge in [-0.1, -0.05) is 12.1 Å². The minimum atomic E-state index is -2.62. The largest absolute Gasteiger partial charge is 0.399 e. The van der Waals surface area contributed by atoms with Crippen LogP contribution in [0.25, 0.3) is 16.6 Å². The average molecular weight is 273 g/mol. The van der Waals surface area contributed by atoms with Gasteiger partial charge in [-0.15, -0.1) is 0 Å². The van der Waals surface area contributed by atoms with Crippen molar-refractivity contribution in [3.05, 3.63) is 53.7 Å². The van der Waals surface area contributed by atoms with Crippen LogP contribution in [0, 0.1) is 6.92 Å². The third-order valence-corrected chi connectivity index (χ3v) is 3.19. The summed E-state index contributed by atoms with van der Waals surface area (Å²) in [6, 6.07) is 12.4. The molecule has 0 bridgehead atoms. The van der Waals surface area contributed by atoms with Crippen molar-refractivity contribution in [1.82, 2.24) is 9.78 Å². The highest BCUT2D eigenvalue weighted by Gasteiger charge is 2.19. The number of nitrogens with zero attached hydrogens (tertiary/aromatic N) is 2. The lowest BCUT2D eigenvalue weighted by Crippen LogP contribution is -1.98. The smallest absolute Gasteiger partial charge is 0.282 e. The number of hydrogen-bond donors (Lipinski definition) is 1. The number of halogens is 2. The molecule has 0 spiro atoms. The molecule has 0 unspecified atom stereocenters. The van der Waals surface area contributed by atoms with Crippen molar-refractivity contribution < 1.29 is 8.78 Å². The SMILES string of the molecule is Cc1cccc(-n2nc(C(F)F)c3ccc(N)cc32)c1. The Morgan fingerprint density at radius 2 is 1.95 bits per heavy atom. The van der Waals surface area contributed by atoms with Gasteiger partial charge in [0.05, 0.1) is 11.2 Å². The number of hydrogen-bond acceptors (Lipinski definition) is 2. The summed E-state index contributed by atoms with van der Waals surface area (Å²) in [4.78, 5) is 0.